The first kappa shape index (κ1) is 16.7. The molecular weight excluding hydrogens is 306 g/mol. The fourth-order valence-corrected chi connectivity index (χ4v) is 3.40. The van der Waals surface area contributed by atoms with Gasteiger partial charge in [-0.2, -0.15) is 0 Å². The van der Waals surface area contributed by atoms with Crippen LogP contribution in [-0.4, -0.2) is 54.5 Å². The number of hydrogen-bond donors (Lipinski definition) is 0. The zero-order chi connectivity index (χ0) is 17.5. The van der Waals surface area contributed by atoms with E-state index in [4.69, 9.17) is 4.74 Å². The third kappa shape index (κ3) is 3.09. The molecule has 0 N–H and O–H groups in total. The van der Waals surface area contributed by atoms with Gasteiger partial charge in [0.05, 0.1) is 12.7 Å². The third-order valence-corrected chi connectivity index (χ3v) is 5.21. The summed E-state index contributed by atoms with van der Waals surface area (Å²) in [7, 11) is 1.36. The molecule has 1 aromatic heterocycles. The fraction of sp³-hybridized carbons (Fsp3) is 0.611. The lowest BCUT2D eigenvalue weighted by Crippen LogP contribution is -2.54. The van der Waals surface area contributed by atoms with Crippen LogP contribution in [0.15, 0.2) is 18.3 Å². The summed E-state index contributed by atoms with van der Waals surface area (Å²) in [5, 5.41) is 0. The quantitative estimate of drug-likeness (QED) is 0.792. The van der Waals surface area contributed by atoms with Gasteiger partial charge in [0.1, 0.15) is 5.82 Å². The number of hydrogen-bond acceptors (Lipinski definition) is 5. The van der Waals surface area contributed by atoms with Gasteiger partial charge in [-0.25, -0.2) is 9.78 Å². The standard InChI is InChI=1S/C18H25N3O3/c1-12-11-20(16(22)14-9-18(14,2)3)7-8-21(12)15-6-5-13(10-19-15)17(23)24-4/h5-6,10,12,14H,7-9,11H2,1-4H3/t12-,14-/m1/s1. The van der Waals surface area contributed by atoms with E-state index in [1.165, 1.54) is 13.3 Å². The molecule has 24 heavy (non-hydrogen) atoms. The average Bonchev–Trinajstić information content (AvgIpc) is 3.22. The summed E-state index contributed by atoms with van der Waals surface area (Å²) < 4.78 is 4.69. The molecule has 3 rings (SSSR count). The topological polar surface area (TPSA) is 62.7 Å². The van der Waals surface area contributed by atoms with Crippen molar-refractivity contribution < 1.29 is 14.3 Å². The van der Waals surface area contributed by atoms with E-state index in [0.717, 1.165) is 25.3 Å². The predicted molar refractivity (Wildman–Crippen MR) is 90.9 cm³/mol. The number of pyridine rings is 1. The van der Waals surface area contributed by atoms with E-state index in [-0.39, 0.29) is 23.3 Å². The average molecular weight is 331 g/mol. The van der Waals surface area contributed by atoms with Crippen LogP contribution < -0.4 is 4.90 Å². The van der Waals surface area contributed by atoms with Crippen molar-refractivity contribution in [1.82, 2.24) is 9.88 Å². The summed E-state index contributed by atoms with van der Waals surface area (Å²) in [6.45, 7) is 8.60. The second-order valence-corrected chi connectivity index (χ2v) is 7.47. The number of rotatable bonds is 3. The van der Waals surface area contributed by atoms with Gasteiger partial charge in [0, 0.05) is 37.8 Å². The molecule has 0 radical (unpaired) electrons. The predicted octanol–water partition coefficient (Wildman–Crippen LogP) is 1.95. The Balaban J connectivity index is 1.63. The van der Waals surface area contributed by atoms with Gasteiger partial charge in [-0.3, -0.25) is 4.79 Å². The molecule has 130 valence electrons. The van der Waals surface area contributed by atoms with Gasteiger partial charge in [0.15, 0.2) is 0 Å². The SMILES string of the molecule is COC(=O)c1ccc(N2CCN(C(=O)[C@H]3CC3(C)C)C[C@H]2C)nc1. The number of carbonyl (C=O) groups is 2. The first-order valence-corrected chi connectivity index (χ1v) is 8.43. The highest BCUT2D eigenvalue weighted by Gasteiger charge is 2.52. The minimum Gasteiger partial charge on any atom is -0.465 e. The van der Waals surface area contributed by atoms with E-state index in [1.54, 1.807) is 6.07 Å². The summed E-state index contributed by atoms with van der Waals surface area (Å²) in [6.07, 6.45) is 2.54. The number of piperazine rings is 1. The van der Waals surface area contributed by atoms with Crippen LogP contribution in [0.4, 0.5) is 5.82 Å². The molecule has 1 aliphatic carbocycles. The number of ether oxygens (including phenoxy) is 1. The highest BCUT2D eigenvalue weighted by molar-refractivity contribution is 5.89. The number of nitrogens with zero attached hydrogens (tertiary/aromatic N) is 3. The Morgan fingerprint density at radius 1 is 1.29 bits per heavy atom. The van der Waals surface area contributed by atoms with Crippen LogP contribution in [0, 0.1) is 11.3 Å². The minimum atomic E-state index is -0.385. The van der Waals surface area contributed by atoms with E-state index < -0.39 is 0 Å². The van der Waals surface area contributed by atoms with Gasteiger partial charge in [0.2, 0.25) is 5.91 Å². The van der Waals surface area contributed by atoms with Crippen LogP contribution in [0.25, 0.3) is 0 Å². The van der Waals surface area contributed by atoms with Gasteiger partial charge in [-0.15, -0.1) is 0 Å². The molecule has 0 spiro atoms. The second kappa shape index (κ2) is 6.07. The minimum absolute atomic E-state index is 0.169. The largest absolute Gasteiger partial charge is 0.465 e. The van der Waals surface area contributed by atoms with E-state index in [9.17, 15) is 9.59 Å². The van der Waals surface area contributed by atoms with E-state index in [0.29, 0.717) is 18.0 Å². The van der Waals surface area contributed by atoms with E-state index in [2.05, 4.69) is 30.7 Å². The zero-order valence-electron chi connectivity index (χ0n) is 14.8. The van der Waals surface area contributed by atoms with Gasteiger partial charge < -0.3 is 14.5 Å². The lowest BCUT2D eigenvalue weighted by Gasteiger charge is -2.40. The maximum atomic E-state index is 12.6. The van der Waals surface area contributed by atoms with Crippen LogP contribution in [0.1, 0.15) is 37.6 Å². The smallest absolute Gasteiger partial charge is 0.339 e. The van der Waals surface area contributed by atoms with Crippen molar-refractivity contribution >= 4 is 17.7 Å². The summed E-state index contributed by atoms with van der Waals surface area (Å²) in [5.41, 5.74) is 0.613. The van der Waals surface area contributed by atoms with E-state index in [1.807, 2.05) is 11.0 Å². The molecule has 1 aromatic rings. The Hall–Kier alpha value is -2.11. The number of esters is 1. The van der Waals surface area contributed by atoms with Crippen molar-refractivity contribution in [2.45, 2.75) is 33.2 Å². The molecule has 1 aliphatic heterocycles. The van der Waals surface area contributed by atoms with E-state index >= 15 is 0 Å². The summed E-state index contributed by atoms with van der Waals surface area (Å²) in [5.74, 6) is 0.924. The molecule has 0 bridgehead atoms. The van der Waals surface area contributed by atoms with Gasteiger partial charge >= 0.3 is 5.97 Å². The third-order valence-electron chi connectivity index (χ3n) is 5.21. The Bertz CT molecular complexity index is 641. The normalized spacial score (nSPS) is 25.3. The van der Waals surface area contributed by atoms with Crippen molar-refractivity contribution in [3.63, 3.8) is 0 Å². The van der Waals surface area contributed by atoms with Crippen LogP contribution in [0.2, 0.25) is 0 Å². The second-order valence-electron chi connectivity index (χ2n) is 7.47. The number of anilines is 1. The van der Waals surface area contributed by atoms with Crippen LogP contribution in [-0.2, 0) is 9.53 Å². The molecule has 2 heterocycles. The van der Waals surface area contributed by atoms with Gasteiger partial charge in [-0.1, -0.05) is 13.8 Å². The zero-order valence-corrected chi connectivity index (χ0v) is 14.8. The first-order chi connectivity index (χ1) is 11.3. The Kier molecular flexibility index (Phi) is 4.24. The molecule has 1 saturated heterocycles. The molecule has 1 amide bonds. The molecule has 6 nitrogen and oxygen atoms in total. The lowest BCUT2D eigenvalue weighted by molar-refractivity contribution is -0.134. The lowest BCUT2D eigenvalue weighted by atomic mass is 10.1. The summed E-state index contributed by atoms with van der Waals surface area (Å²) in [6, 6.07) is 3.76. The van der Waals surface area contributed by atoms with Crippen LogP contribution >= 0.6 is 0 Å². The Labute approximate surface area is 142 Å². The number of methoxy groups -OCH3 is 1. The monoisotopic (exact) mass is 331 g/mol. The molecule has 2 atom stereocenters. The number of amides is 1. The highest BCUT2D eigenvalue weighted by Crippen LogP contribution is 2.52. The van der Waals surface area contributed by atoms with Crippen molar-refractivity contribution in [1.29, 1.82) is 0 Å². The molecule has 2 fully saturated rings. The van der Waals surface area contributed by atoms with Crippen molar-refractivity contribution in [3.05, 3.63) is 23.9 Å². The molecular formula is C18H25N3O3. The molecule has 6 heteroatoms. The highest BCUT2D eigenvalue weighted by atomic mass is 16.5. The number of carbonyl (C=O) groups excluding carboxylic acids is 2. The van der Waals surface area contributed by atoms with Crippen molar-refractivity contribution in [2.24, 2.45) is 11.3 Å². The Morgan fingerprint density at radius 3 is 2.50 bits per heavy atom. The molecule has 0 unspecified atom stereocenters. The Morgan fingerprint density at radius 2 is 2.00 bits per heavy atom. The molecule has 2 aliphatic rings. The van der Waals surface area contributed by atoms with Crippen LogP contribution in [0.3, 0.4) is 0 Å². The van der Waals surface area contributed by atoms with Crippen molar-refractivity contribution in [3.8, 4) is 0 Å². The fourth-order valence-electron chi connectivity index (χ4n) is 3.40. The molecule has 0 aromatic carbocycles. The van der Waals surface area contributed by atoms with Gasteiger partial charge in [0.25, 0.3) is 0 Å². The van der Waals surface area contributed by atoms with Crippen molar-refractivity contribution in [2.75, 3.05) is 31.6 Å². The molecule has 1 saturated carbocycles. The van der Waals surface area contributed by atoms with Crippen LogP contribution in [0.5, 0.6) is 0 Å². The van der Waals surface area contributed by atoms with Gasteiger partial charge in [-0.05, 0) is 30.9 Å². The maximum Gasteiger partial charge on any atom is 0.339 e. The summed E-state index contributed by atoms with van der Waals surface area (Å²) in [4.78, 5) is 32.6. The first-order valence-electron chi connectivity index (χ1n) is 8.43. The number of aromatic nitrogens is 1. The summed E-state index contributed by atoms with van der Waals surface area (Å²) >= 11 is 0. The maximum absolute atomic E-state index is 12.6.